The Morgan fingerprint density at radius 3 is 2.54 bits per heavy atom. The van der Waals surface area contributed by atoms with Crippen LogP contribution in [-0.2, 0) is 20.7 Å². The molecular weight excluding hydrogens is 356 g/mol. The third kappa shape index (κ3) is 5.04. The summed E-state index contributed by atoms with van der Waals surface area (Å²) >= 11 is 0. The number of esters is 1. The van der Waals surface area contributed by atoms with Gasteiger partial charge in [-0.2, -0.15) is 0 Å². The van der Waals surface area contributed by atoms with Gasteiger partial charge < -0.3 is 19.3 Å². The van der Waals surface area contributed by atoms with Crippen molar-refractivity contribution in [1.82, 2.24) is 9.80 Å². The van der Waals surface area contributed by atoms with Crippen LogP contribution in [0.4, 0.5) is 0 Å². The van der Waals surface area contributed by atoms with Crippen LogP contribution in [0.5, 0.6) is 5.75 Å². The lowest BCUT2D eigenvalue weighted by Gasteiger charge is -2.40. The van der Waals surface area contributed by atoms with Gasteiger partial charge >= 0.3 is 5.97 Å². The van der Waals surface area contributed by atoms with Crippen LogP contribution in [0.25, 0.3) is 0 Å². The highest BCUT2D eigenvalue weighted by Gasteiger charge is 2.43. The lowest BCUT2D eigenvalue weighted by molar-refractivity contribution is -0.162. The molecule has 154 valence electrons. The molecular formula is C22H32N2O4. The smallest absolute Gasteiger partial charge is 0.312 e. The maximum Gasteiger partial charge on any atom is 0.312 e. The molecule has 1 spiro atoms. The molecule has 1 aromatic rings. The van der Waals surface area contributed by atoms with E-state index < -0.39 is 5.41 Å². The highest BCUT2D eigenvalue weighted by molar-refractivity contribution is 5.80. The number of benzene rings is 1. The van der Waals surface area contributed by atoms with Gasteiger partial charge in [-0.05, 0) is 57.8 Å². The third-order valence-electron chi connectivity index (χ3n) is 5.86. The number of para-hydroxylation sites is 1. The molecule has 0 N–H and O–H groups in total. The van der Waals surface area contributed by atoms with Crippen molar-refractivity contribution in [3.05, 3.63) is 29.8 Å². The molecule has 1 saturated heterocycles. The number of amides is 1. The van der Waals surface area contributed by atoms with Gasteiger partial charge in [0.05, 0.1) is 12.0 Å². The van der Waals surface area contributed by atoms with E-state index in [2.05, 4.69) is 6.07 Å². The Balaban J connectivity index is 1.64. The van der Waals surface area contributed by atoms with Gasteiger partial charge in [-0.1, -0.05) is 24.6 Å². The van der Waals surface area contributed by atoms with Gasteiger partial charge in [-0.3, -0.25) is 9.59 Å². The van der Waals surface area contributed by atoms with Crippen LogP contribution in [0.15, 0.2) is 24.3 Å². The molecule has 2 heterocycles. The second-order valence-electron chi connectivity index (χ2n) is 8.20. The molecule has 0 radical (unpaired) electrons. The summed E-state index contributed by atoms with van der Waals surface area (Å²) < 4.78 is 11.4. The Morgan fingerprint density at radius 2 is 1.79 bits per heavy atom. The molecule has 1 amide bonds. The number of carbonyl (C=O) groups excluding carboxylic acids is 2. The van der Waals surface area contributed by atoms with Crippen molar-refractivity contribution in [2.75, 3.05) is 46.9 Å². The number of fused-ring (bicyclic) bond motifs is 1. The number of likely N-dealkylation sites (tertiary alicyclic amines) is 1. The normalized spacial score (nSPS) is 20.5. The van der Waals surface area contributed by atoms with Crippen molar-refractivity contribution in [3.63, 3.8) is 0 Å². The maximum absolute atomic E-state index is 12.9. The molecule has 1 aromatic carbocycles. The molecule has 28 heavy (non-hydrogen) atoms. The molecule has 0 bridgehead atoms. The quantitative estimate of drug-likeness (QED) is 0.729. The molecule has 6 heteroatoms. The third-order valence-corrected chi connectivity index (χ3v) is 5.86. The topological polar surface area (TPSA) is 59.1 Å². The molecule has 0 aromatic heterocycles. The van der Waals surface area contributed by atoms with E-state index in [0.717, 1.165) is 31.4 Å². The summed E-state index contributed by atoms with van der Waals surface area (Å²) in [6, 6.07) is 8.09. The highest BCUT2D eigenvalue weighted by atomic mass is 16.6. The summed E-state index contributed by atoms with van der Waals surface area (Å²) in [6.45, 7) is 2.29. The monoisotopic (exact) mass is 388 g/mol. The predicted molar refractivity (Wildman–Crippen MR) is 107 cm³/mol. The Hall–Kier alpha value is -2.08. The number of piperidine rings is 1. The fourth-order valence-corrected chi connectivity index (χ4v) is 4.18. The van der Waals surface area contributed by atoms with Crippen molar-refractivity contribution in [3.8, 4) is 5.75 Å². The van der Waals surface area contributed by atoms with Crippen LogP contribution < -0.4 is 4.74 Å². The molecule has 2 aliphatic heterocycles. The summed E-state index contributed by atoms with van der Waals surface area (Å²) in [6.07, 6.45) is 5.12. The zero-order valence-electron chi connectivity index (χ0n) is 17.1. The SMILES string of the molecule is CN(C)CC(=O)N1CCC2(CCCCc3ccccc3OCCOC2=O)CC1. The molecule has 0 unspecified atom stereocenters. The average Bonchev–Trinajstić information content (AvgIpc) is 2.68. The van der Waals surface area contributed by atoms with E-state index in [0.29, 0.717) is 39.1 Å². The fraction of sp³-hybridized carbons (Fsp3) is 0.636. The zero-order chi connectivity index (χ0) is 20.0. The number of likely N-dealkylation sites (N-methyl/N-ethyl adjacent to an activating group) is 1. The number of carbonyl (C=O) groups is 2. The molecule has 0 aliphatic carbocycles. The van der Waals surface area contributed by atoms with Crippen LogP contribution in [0.3, 0.4) is 0 Å². The molecule has 3 rings (SSSR count). The van der Waals surface area contributed by atoms with Crippen molar-refractivity contribution in [1.29, 1.82) is 0 Å². The van der Waals surface area contributed by atoms with Gasteiger partial charge in [0.1, 0.15) is 19.0 Å². The molecule has 1 fully saturated rings. The van der Waals surface area contributed by atoms with E-state index >= 15 is 0 Å². The lowest BCUT2D eigenvalue weighted by atomic mass is 9.74. The number of hydrogen-bond donors (Lipinski definition) is 0. The Bertz CT molecular complexity index is 681. The fourth-order valence-electron chi connectivity index (χ4n) is 4.18. The van der Waals surface area contributed by atoms with Crippen LogP contribution in [0, 0.1) is 5.41 Å². The van der Waals surface area contributed by atoms with Crippen LogP contribution in [0.1, 0.15) is 37.7 Å². The van der Waals surface area contributed by atoms with Gasteiger partial charge in [-0.25, -0.2) is 0 Å². The largest absolute Gasteiger partial charge is 0.490 e. The summed E-state index contributed by atoms with van der Waals surface area (Å²) in [7, 11) is 3.79. The van der Waals surface area contributed by atoms with Gasteiger partial charge in [0.25, 0.3) is 0 Å². The number of nitrogens with zero attached hydrogens (tertiary/aromatic N) is 2. The number of ether oxygens (including phenoxy) is 2. The van der Waals surface area contributed by atoms with E-state index in [4.69, 9.17) is 9.47 Å². The molecule has 0 saturated carbocycles. The average molecular weight is 389 g/mol. The summed E-state index contributed by atoms with van der Waals surface area (Å²) in [5.41, 5.74) is 0.751. The number of rotatable bonds is 2. The minimum Gasteiger partial charge on any atom is -0.490 e. The van der Waals surface area contributed by atoms with Crippen molar-refractivity contribution in [2.24, 2.45) is 5.41 Å². The highest BCUT2D eigenvalue weighted by Crippen LogP contribution is 2.38. The summed E-state index contributed by atoms with van der Waals surface area (Å²) in [5.74, 6) is 0.901. The van der Waals surface area contributed by atoms with Crippen LogP contribution >= 0.6 is 0 Å². The minimum absolute atomic E-state index is 0.121. The second-order valence-corrected chi connectivity index (χ2v) is 8.20. The molecule has 0 atom stereocenters. The standard InChI is InChI=1S/C22H32N2O4/c1-23(2)17-20(25)24-13-11-22(12-14-24)10-6-5-8-18-7-3-4-9-19(18)27-15-16-28-21(22)26/h3-4,7,9H,5-6,8,10-17H2,1-2H3. The van der Waals surface area contributed by atoms with Gasteiger partial charge in [0.2, 0.25) is 5.91 Å². The van der Waals surface area contributed by atoms with Gasteiger partial charge in [0, 0.05) is 13.1 Å². The molecule has 2 aliphatic rings. The number of aryl methyl sites for hydroxylation is 1. The van der Waals surface area contributed by atoms with E-state index in [1.165, 1.54) is 5.56 Å². The van der Waals surface area contributed by atoms with E-state index in [-0.39, 0.29) is 18.5 Å². The van der Waals surface area contributed by atoms with E-state index in [1.54, 1.807) is 0 Å². The lowest BCUT2D eigenvalue weighted by Crippen LogP contribution is -2.49. The number of cyclic esters (lactones) is 1. The Kier molecular flexibility index (Phi) is 6.94. The van der Waals surface area contributed by atoms with Crippen molar-refractivity contribution >= 4 is 11.9 Å². The minimum atomic E-state index is -0.465. The van der Waals surface area contributed by atoms with E-state index in [1.807, 2.05) is 42.1 Å². The van der Waals surface area contributed by atoms with Crippen molar-refractivity contribution in [2.45, 2.75) is 38.5 Å². The predicted octanol–water partition coefficient (Wildman–Crippen LogP) is 2.51. The van der Waals surface area contributed by atoms with Crippen LogP contribution in [-0.4, -0.2) is 68.6 Å². The van der Waals surface area contributed by atoms with Gasteiger partial charge in [-0.15, -0.1) is 0 Å². The second kappa shape index (κ2) is 9.41. The maximum atomic E-state index is 12.9. The first-order valence-corrected chi connectivity index (χ1v) is 10.3. The van der Waals surface area contributed by atoms with E-state index in [9.17, 15) is 9.59 Å². The van der Waals surface area contributed by atoms with Crippen LogP contribution in [0.2, 0.25) is 0 Å². The first kappa shape index (κ1) is 20.6. The molecule has 6 nitrogen and oxygen atoms in total. The van der Waals surface area contributed by atoms with Gasteiger partial charge in [0.15, 0.2) is 0 Å². The zero-order valence-corrected chi connectivity index (χ0v) is 17.1. The first-order valence-electron chi connectivity index (χ1n) is 10.3. The Morgan fingerprint density at radius 1 is 1.07 bits per heavy atom. The Labute approximate surface area is 167 Å². The summed E-state index contributed by atoms with van der Waals surface area (Å²) in [4.78, 5) is 29.0. The number of hydrogen-bond acceptors (Lipinski definition) is 5. The van der Waals surface area contributed by atoms with Crippen molar-refractivity contribution < 1.29 is 19.1 Å². The first-order chi connectivity index (χ1) is 13.5. The summed E-state index contributed by atoms with van der Waals surface area (Å²) in [5, 5.41) is 0.